The van der Waals surface area contributed by atoms with Crippen molar-refractivity contribution < 1.29 is 17.9 Å². The van der Waals surface area contributed by atoms with E-state index in [4.69, 9.17) is 4.74 Å². The van der Waals surface area contributed by atoms with Crippen LogP contribution < -0.4 is 14.4 Å². The molecule has 28 heavy (non-hydrogen) atoms. The highest BCUT2D eigenvalue weighted by atomic mass is 32.2. The van der Waals surface area contributed by atoms with Crippen molar-refractivity contribution in [2.45, 2.75) is 39.3 Å². The van der Waals surface area contributed by atoms with Crippen molar-refractivity contribution in [2.75, 3.05) is 17.7 Å². The largest absolute Gasteiger partial charge is 0.496 e. The van der Waals surface area contributed by atoms with Crippen LogP contribution in [-0.2, 0) is 21.2 Å². The van der Waals surface area contributed by atoms with Crippen LogP contribution in [0.5, 0.6) is 5.75 Å². The lowest BCUT2D eigenvalue weighted by Gasteiger charge is -2.29. The third kappa shape index (κ3) is 5.04. The Hall–Kier alpha value is -2.54. The molecule has 6 nitrogen and oxygen atoms in total. The van der Waals surface area contributed by atoms with Gasteiger partial charge in [-0.2, -0.15) is 0 Å². The van der Waals surface area contributed by atoms with E-state index in [1.54, 1.807) is 26.2 Å². The maximum absolute atomic E-state index is 12.9. The normalized spacial score (nSPS) is 13.5. The third-order valence-electron chi connectivity index (χ3n) is 4.65. The molecular weight excluding hydrogens is 376 g/mol. The number of methoxy groups -OCH3 is 1. The molecule has 7 heteroatoms. The van der Waals surface area contributed by atoms with Crippen LogP contribution in [-0.4, -0.2) is 33.7 Å². The van der Waals surface area contributed by atoms with Crippen molar-refractivity contribution in [3.05, 3.63) is 59.7 Å². The van der Waals surface area contributed by atoms with Crippen LogP contribution in [0.4, 0.5) is 5.69 Å². The topological polar surface area (TPSA) is 75.7 Å². The number of rotatable bonds is 8. The third-order valence-corrected chi connectivity index (χ3v) is 5.89. The van der Waals surface area contributed by atoms with Gasteiger partial charge in [0.1, 0.15) is 11.8 Å². The number of hydrogen-bond acceptors (Lipinski definition) is 4. The molecule has 0 fully saturated rings. The van der Waals surface area contributed by atoms with Gasteiger partial charge in [0, 0.05) is 5.56 Å². The molecule has 0 radical (unpaired) electrons. The van der Waals surface area contributed by atoms with Gasteiger partial charge in [0.2, 0.25) is 15.9 Å². The van der Waals surface area contributed by atoms with Crippen LogP contribution >= 0.6 is 0 Å². The lowest BCUT2D eigenvalue weighted by molar-refractivity contribution is -0.122. The molecule has 2 rings (SSSR count). The number of ether oxygens (including phenoxy) is 1. The summed E-state index contributed by atoms with van der Waals surface area (Å²) in [6.07, 6.45) is 1.96. The molecule has 0 bridgehead atoms. The molecule has 152 valence electrons. The fourth-order valence-corrected chi connectivity index (χ4v) is 4.30. The monoisotopic (exact) mass is 404 g/mol. The van der Waals surface area contributed by atoms with E-state index in [0.717, 1.165) is 28.1 Å². The second-order valence-electron chi connectivity index (χ2n) is 6.73. The van der Waals surface area contributed by atoms with Crippen LogP contribution in [0.3, 0.4) is 0 Å². The molecule has 0 saturated heterocycles. The zero-order chi connectivity index (χ0) is 20.9. The quantitative estimate of drug-likeness (QED) is 0.733. The first-order valence-corrected chi connectivity index (χ1v) is 11.1. The predicted octanol–water partition coefficient (Wildman–Crippen LogP) is 3.29. The molecule has 0 aliphatic rings. The summed E-state index contributed by atoms with van der Waals surface area (Å²) in [5, 5.41) is 2.89. The molecule has 2 aromatic rings. The molecule has 0 unspecified atom stereocenters. The Morgan fingerprint density at radius 2 is 1.71 bits per heavy atom. The standard InChI is InChI=1S/C21H28N2O4S/c1-6-17-11-13-18(14-12-17)23(28(5,25)26)16(3)21(24)22-15(2)19-9-7-8-10-20(19)27-4/h7-16H,6H2,1-5H3,(H,22,24)/t15-,16+/m0/s1. The number of aryl methyl sites for hydroxylation is 1. The summed E-state index contributed by atoms with van der Waals surface area (Å²) >= 11 is 0. The molecular formula is C21H28N2O4S. The number of carbonyl (C=O) groups is 1. The van der Waals surface area contributed by atoms with Gasteiger partial charge in [0.25, 0.3) is 0 Å². The van der Waals surface area contributed by atoms with Crippen molar-refractivity contribution >= 4 is 21.6 Å². The molecule has 1 amide bonds. The number of hydrogen-bond donors (Lipinski definition) is 1. The van der Waals surface area contributed by atoms with E-state index in [1.165, 1.54) is 0 Å². The van der Waals surface area contributed by atoms with Crippen LogP contribution in [0.2, 0.25) is 0 Å². The van der Waals surface area contributed by atoms with Gasteiger partial charge in [0.05, 0.1) is 25.1 Å². The smallest absolute Gasteiger partial charge is 0.244 e. The van der Waals surface area contributed by atoms with Crippen LogP contribution in [0, 0.1) is 0 Å². The van der Waals surface area contributed by atoms with E-state index in [-0.39, 0.29) is 11.9 Å². The maximum Gasteiger partial charge on any atom is 0.244 e. The number of benzene rings is 2. The molecule has 2 aromatic carbocycles. The second-order valence-corrected chi connectivity index (χ2v) is 8.59. The second kappa shape index (κ2) is 9.10. The highest BCUT2D eigenvalue weighted by Crippen LogP contribution is 2.26. The van der Waals surface area contributed by atoms with E-state index in [0.29, 0.717) is 11.4 Å². The van der Waals surface area contributed by atoms with Crippen LogP contribution in [0.15, 0.2) is 48.5 Å². The zero-order valence-corrected chi connectivity index (χ0v) is 17.8. The average Bonchev–Trinajstić information content (AvgIpc) is 2.67. The first-order chi connectivity index (χ1) is 13.2. The van der Waals surface area contributed by atoms with Gasteiger partial charge in [-0.1, -0.05) is 37.3 Å². The number of anilines is 1. The van der Waals surface area contributed by atoms with Crippen LogP contribution in [0.1, 0.15) is 37.9 Å². The van der Waals surface area contributed by atoms with E-state index in [1.807, 2.05) is 50.2 Å². The van der Waals surface area contributed by atoms with Gasteiger partial charge in [-0.25, -0.2) is 8.42 Å². The van der Waals surface area contributed by atoms with Gasteiger partial charge in [-0.15, -0.1) is 0 Å². The number of para-hydroxylation sites is 1. The van der Waals surface area contributed by atoms with Crippen molar-refractivity contribution in [1.29, 1.82) is 0 Å². The van der Waals surface area contributed by atoms with Gasteiger partial charge in [-0.05, 0) is 44.0 Å². The van der Waals surface area contributed by atoms with Crippen LogP contribution in [0.25, 0.3) is 0 Å². The lowest BCUT2D eigenvalue weighted by atomic mass is 10.1. The fourth-order valence-electron chi connectivity index (χ4n) is 3.12. The Morgan fingerprint density at radius 1 is 1.11 bits per heavy atom. The summed E-state index contributed by atoms with van der Waals surface area (Å²) in [5.41, 5.74) is 2.38. The van der Waals surface area contributed by atoms with E-state index >= 15 is 0 Å². The predicted molar refractivity (Wildman–Crippen MR) is 112 cm³/mol. The molecule has 0 saturated carbocycles. The summed E-state index contributed by atoms with van der Waals surface area (Å²) in [4.78, 5) is 12.9. The van der Waals surface area contributed by atoms with Crippen molar-refractivity contribution in [1.82, 2.24) is 5.32 Å². The average molecular weight is 405 g/mol. The Balaban J connectivity index is 2.26. The van der Waals surface area contributed by atoms with Gasteiger partial charge in [-0.3, -0.25) is 9.10 Å². The lowest BCUT2D eigenvalue weighted by Crippen LogP contribution is -2.48. The van der Waals surface area contributed by atoms with E-state index in [2.05, 4.69) is 5.32 Å². The number of nitrogens with zero attached hydrogens (tertiary/aromatic N) is 1. The highest BCUT2D eigenvalue weighted by Gasteiger charge is 2.30. The summed E-state index contributed by atoms with van der Waals surface area (Å²) < 4.78 is 31.3. The Bertz CT molecular complexity index is 910. The molecule has 0 heterocycles. The maximum atomic E-state index is 12.9. The molecule has 2 atom stereocenters. The SMILES string of the molecule is CCc1ccc(N([C@H](C)C(=O)N[C@@H](C)c2ccccc2OC)S(C)(=O)=O)cc1. The minimum absolute atomic E-state index is 0.338. The molecule has 1 N–H and O–H groups in total. The number of sulfonamides is 1. The first kappa shape index (κ1) is 21.8. The first-order valence-electron chi connectivity index (χ1n) is 9.20. The Labute approximate surface area is 167 Å². The van der Waals surface area contributed by atoms with Gasteiger partial charge >= 0.3 is 0 Å². The number of carbonyl (C=O) groups excluding carboxylic acids is 1. The Kier molecular flexibility index (Phi) is 7.07. The summed E-state index contributed by atoms with van der Waals surface area (Å²) in [6.45, 7) is 5.45. The van der Waals surface area contributed by atoms with Gasteiger partial charge in [0.15, 0.2) is 0 Å². The molecule has 0 aliphatic heterocycles. The summed E-state index contributed by atoms with van der Waals surface area (Å²) in [7, 11) is -2.08. The summed E-state index contributed by atoms with van der Waals surface area (Å²) in [6, 6.07) is 13.4. The fraction of sp³-hybridized carbons (Fsp3) is 0.381. The Morgan fingerprint density at radius 3 is 2.25 bits per heavy atom. The molecule has 0 aromatic heterocycles. The zero-order valence-electron chi connectivity index (χ0n) is 17.0. The van der Waals surface area contributed by atoms with E-state index < -0.39 is 16.1 Å². The minimum Gasteiger partial charge on any atom is -0.496 e. The van der Waals surface area contributed by atoms with Crippen molar-refractivity contribution in [3.63, 3.8) is 0 Å². The molecule has 0 aliphatic carbocycles. The summed E-state index contributed by atoms with van der Waals surface area (Å²) in [5.74, 6) is 0.279. The van der Waals surface area contributed by atoms with E-state index in [9.17, 15) is 13.2 Å². The highest BCUT2D eigenvalue weighted by molar-refractivity contribution is 7.92. The van der Waals surface area contributed by atoms with Crippen molar-refractivity contribution in [2.24, 2.45) is 0 Å². The number of amides is 1. The number of nitrogens with one attached hydrogen (secondary N) is 1. The van der Waals surface area contributed by atoms with Gasteiger partial charge < -0.3 is 10.1 Å². The molecule has 0 spiro atoms. The van der Waals surface area contributed by atoms with Crippen molar-refractivity contribution in [3.8, 4) is 5.75 Å². The minimum atomic E-state index is -3.65.